The van der Waals surface area contributed by atoms with E-state index in [1.165, 1.54) is 37.8 Å². The minimum atomic E-state index is 0.792. The van der Waals surface area contributed by atoms with E-state index in [2.05, 4.69) is 42.7 Å². The maximum absolute atomic E-state index is 4.20. The predicted molar refractivity (Wildman–Crippen MR) is 76.5 cm³/mol. The van der Waals surface area contributed by atoms with Crippen molar-refractivity contribution in [2.45, 2.75) is 72.8 Å². The van der Waals surface area contributed by atoms with Crippen LogP contribution in [-0.4, -0.2) is 15.0 Å². The van der Waals surface area contributed by atoms with Crippen molar-refractivity contribution in [2.75, 3.05) is 0 Å². The van der Waals surface area contributed by atoms with Gasteiger partial charge in [0, 0.05) is 6.54 Å². The van der Waals surface area contributed by atoms with Crippen molar-refractivity contribution in [2.24, 2.45) is 11.8 Å². The quantitative estimate of drug-likeness (QED) is 0.619. The van der Waals surface area contributed by atoms with Gasteiger partial charge in [-0.3, -0.25) is 0 Å². The first-order chi connectivity index (χ1) is 8.59. The molecule has 0 N–H and O–H groups in total. The Kier molecular flexibility index (Phi) is 6.99. The zero-order valence-electron chi connectivity index (χ0n) is 12.5. The lowest BCUT2D eigenvalue weighted by molar-refractivity contribution is 0.471. The van der Waals surface area contributed by atoms with Gasteiger partial charge in [0.05, 0.1) is 11.9 Å². The second kappa shape index (κ2) is 8.28. The molecule has 18 heavy (non-hydrogen) atoms. The molecule has 1 aromatic rings. The summed E-state index contributed by atoms with van der Waals surface area (Å²) in [6.45, 7) is 10.2. The zero-order valence-corrected chi connectivity index (χ0v) is 12.5. The number of nitrogens with zero attached hydrogens (tertiary/aromatic N) is 3. The van der Waals surface area contributed by atoms with Crippen LogP contribution >= 0.6 is 0 Å². The number of hydrogen-bond acceptors (Lipinski definition) is 2. The Bertz CT molecular complexity index is 315. The average Bonchev–Trinajstić information content (AvgIpc) is 2.71. The molecule has 0 saturated carbocycles. The average molecular weight is 251 g/mol. The molecule has 0 amide bonds. The van der Waals surface area contributed by atoms with Gasteiger partial charge >= 0.3 is 0 Å². The van der Waals surface area contributed by atoms with Crippen molar-refractivity contribution in [3.05, 3.63) is 11.9 Å². The van der Waals surface area contributed by atoms with Crippen LogP contribution in [0.4, 0.5) is 0 Å². The number of unbranched alkanes of at least 4 members (excludes halogenated alkanes) is 1. The summed E-state index contributed by atoms with van der Waals surface area (Å²) >= 11 is 0. The van der Waals surface area contributed by atoms with Gasteiger partial charge in [-0.15, -0.1) is 5.10 Å². The topological polar surface area (TPSA) is 30.7 Å². The first-order valence-corrected chi connectivity index (χ1v) is 7.47. The van der Waals surface area contributed by atoms with Gasteiger partial charge in [-0.25, -0.2) is 4.68 Å². The summed E-state index contributed by atoms with van der Waals surface area (Å²) in [5.41, 5.74) is 1.31. The normalized spacial score (nSPS) is 11.7. The first kappa shape index (κ1) is 15.2. The fourth-order valence-electron chi connectivity index (χ4n) is 2.17. The molecule has 0 aliphatic carbocycles. The van der Waals surface area contributed by atoms with Crippen LogP contribution in [0.5, 0.6) is 0 Å². The Morgan fingerprint density at radius 2 is 1.67 bits per heavy atom. The molecule has 0 unspecified atom stereocenters. The van der Waals surface area contributed by atoms with Crippen LogP contribution in [0.15, 0.2) is 6.20 Å². The van der Waals surface area contributed by atoms with Crippen LogP contribution in [0.1, 0.15) is 65.5 Å². The monoisotopic (exact) mass is 251 g/mol. The highest BCUT2D eigenvalue weighted by Gasteiger charge is 2.04. The SMILES string of the molecule is CC(C)CCCCn1nncc1CCCC(C)C. The number of aryl methyl sites for hydroxylation is 2. The summed E-state index contributed by atoms with van der Waals surface area (Å²) in [6.07, 6.45) is 9.42. The summed E-state index contributed by atoms with van der Waals surface area (Å²) in [5, 5.41) is 8.24. The minimum Gasteiger partial charge on any atom is -0.249 e. The number of hydrogen-bond donors (Lipinski definition) is 0. The molecule has 0 aliphatic heterocycles. The van der Waals surface area contributed by atoms with Crippen LogP contribution in [0, 0.1) is 11.8 Å². The molecule has 0 fully saturated rings. The lowest BCUT2D eigenvalue weighted by Gasteiger charge is -2.08. The van der Waals surface area contributed by atoms with Gasteiger partial charge in [0.2, 0.25) is 0 Å². The Morgan fingerprint density at radius 1 is 1.00 bits per heavy atom. The van der Waals surface area contributed by atoms with Gasteiger partial charge in [0.1, 0.15) is 0 Å². The summed E-state index contributed by atoms with van der Waals surface area (Å²) in [4.78, 5) is 0. The molecule has 0 aromatic carbocycles. The Labute approximate surface area is 112 Å². The van der Waals surface area contributed by atoms with E-state index in [4.69, 9.17) is 0 Å². The van der Waals surface area contributed by atoms with Crippen LogP contribution in [0.2, 0.25) is 0 Å². The maximum Gasteiger partial charge on any atom is 0.0725 e. The zero-order chi connectivity index (χ0) is 13.4. The van der Waals surface area contributed by atoms with Gasteiger partial charge in [0.25, 0.3) is 0 Å². The van der Waals surface area contributed by atoms with Gasteiger partial charge in [0.15, 0.2) is 0 Å². The molecule has 1 aromatic heterocycles. The second-order valence-electron chi connectivity index (χ2n) is 6.12. The highest BCUT2D eigenvalue weighted by atomic mass is 15.4. The van der Waals surface area contributed by atoms with Crippen LogP contribution in [0.25, 0.3) is 0 Å². The Balaban J connectivity index is 2.26. The van der Waals surface area contributed by atoms with E-state index in [0.717, 1.165) is 24.8 Å². The Morgan fingerprint density at radius 3 is 2.33 bits per heavy atom. The third-order valence-corrected chi connectivity index (χ3v) is 3.31. The molecule has 0 spiro atoms. The van der Waals surface area contributed by atoms with E-state index < -0.39 is 0 Å². The van der Waals surface area contributed by atoms with Crippen LogP contribution in [-0.2, 0) is 13.0 Å². The highest BCUT2D eigenvalue weighted by Crippen LogP contribution is 2.11. The molecule has 0 bridgehead atoms. The van der Waals surface area contributed by atoms with Crippen molar-refractivity contribution in [1.29, 1.82) is 0 Å². The lowest BCUT2D eigenvalue weighted by Crippen LogP contribution is -2.06. The van der Waals surface area contributed by atoms with Gasteiger partial charge < -0.3 is 0 Å². The fraction of sp³-hybridized carbons (Fsp3) is 0.867. The molecule has 3 nitrogen and oxygen atoms in total. The van der Waals surface area contributed by atoms with Crippen LogP contribution < -0.4 is 0 Å². The molecule has 1 heterocycles. The van der Waals surface area contributed by atoms with Crippen molar-refractivity contribution in [3.8, 4) is 0 Å². The molecule has 0 aliphatic rings. The van der Waals surface area contributed by atoms with Crippen molar-refractivity contribution >= 4 is 0 Å². The lowest BCUT2D eigenvalue weighted by atomic mass is 10.1. The maximum atomic E-state index is 4.20. The molecule has 3 heteroatoms. The third kappa shape index (κ3) is 6.18. The smallest absolute Gasteiger partial charge is 0.0725 e. The van der Waals surface area contributed by atoms with Gasteiger partial charge in [-0.2, -0.15) is 0 Å². The molecule has 0 atom stereocenters. The summed E-state index contributed by atoms with van der Waals surface area (Å²) in [6, 6.07) is 0. The molecule has 1 rings (SSSR count). The molecule has 0 saturated heterocycles. The molecular formula is C15H29N3. The predicted octanol–water partition coefficient (Wildman–Crippen LogP) is 4.08. The molecule has 0 radical (unpaired) electrons. The van der Waals surface area contributed by atoms with Gasteiger partial charge in [-0.1, -0.05) is 52.2 Å². The van der Waals surface area contributed by atoms with Crippen molar-refractivity contribution in [1.82, 2.24) is 15.0 Å². The second-order valence-corrected chi connectivity index (χ2v) is 6.12. The standard InChI is InChI=1S/C15H29N3/c1-13(2)8-5-6-11-18-15(12-16-17-18)10-7-9-14(3)4/h12-14H,5-11H2,1-4H3. The summed E-state index contributed by atoms with van der Waals surface area (Å²) in [7, 11) is 0. The van der Waals surface area contributed by atoms with E-state index >= 15 is 0 Å². The van der Waals surface area contributed by atoms with E-state index in [1.54, 1.807) is 0 Å². The number of aromatic nitrogens is 3. The van der Waals surface area contributed by atoms with E-state index in [9.17, 15) is 0 Å². The minimum absolute atomic E-state index is 0.792. The first-order valence-electron chi connectivity index (χ1n) is 7.47. The van der Waals surface area contributed by atoms with E-state index in [-0.39, 0.29) is 0 Å². The van der Waals surface area contributed by atoms with E-state index in [1.807, 2.05) is 6.20 Å². The number of rotatable bonds is 9. The van der Waals surface area contributed by atoms with Gasteiger partial charge in [-0.05, 0) is 31.1 Å². The van der Waals surface area contributed by atoms with Crippen LogP contribution in [0.3, 0.4) is 0 Å². The van der Waals surface area contributed by atoms with Crippen molar-refractivity contribution in [3.63, 3.8) is 0 Å². The summed E-state index contributed by atoms with van der Waals surface area (Å²) in [5.74, 6) is 1.60. The van der Waals surface area contributed by atoms with Crippen molar-refractivity contribution < 1.29 is 0 Å². The largest absolute Gasteiger partial charge is 0.249 e. The third-order valence-electron chi connectivity index (χ3n) is 3.31. The summed E-state index contributed by atoms with van der Waals surface area (Å²) < 4.78 is 2.10. The van der Waals surface area contributed by atoms with E-state index in [0.29, 0.717) is 0 Å². The Hall–Kier alpha value is -0.860. The molecule has 104 valence electrons. The fourth-order valence-corrected chi connectivity index (χ4v) is 2.17. The highest BCUT2D eigenvalue weighted by molar-refractivity contribution is 4.93. The molecular weight excluding hydrogens is 222 g/mol.